The predicted molar refractivity (Wildman–Crippen MR) is 95.8 cm³/mol. The Bertz CT molecular complexity index is 329. The van der Waals surface area contributed by atoms with Gasteiger partial charge in [-0.15, -0.1) is 0 Å². The zero-order valence-corrected chi connectivity index (χ0v) is 18.0. The summed E-state index contributed by atoms with van der Waals surface area (Å²) in [4.78, 5) is 11.8. The Labute approximate surface area is 133 Å². The summed E-state index contributed by atoms with van der Waals surface area (Å²) in [5, 5.41) is 0. The van der Waals surface area contributed by atoms with Gasteiger partial charge in [0.05, 0.1) is 0 Å². The Morgan fingerprint density at radius 1 is 1.10 bits per heavy atom. The van der Waals surface area contributed by atoms with Gasteiger partial charge in [0, 0.05) is 6.08 Å². The Balaban J connectivity index is 5.11. The van der Waals surface area contributed by atoms with Crippen molar-refractivity contribution in [3.8, 4) is 0 Å². The lowest BCUT2D eigenvalue weighted by Crippen LogP contribution is -2.49. The van der Waals surface area contributed by atoms with Crippen LogP contribution in [0.4, 0.5) is 0 Å². The van der Waals surface area contributed by atoms with Crippen molar-refractivity contribution in [2.45, 2.75) is 71.5 Å². The van der Waals surface area contributed by atoms with Gasteiger partial charge in [0.15, 0.2) is 22.5 Å². The molecule has 4 nitrogen and oxygen atoms in total. The van der Waals surface area contributed by atoms with Crippen LogP contribution in [0, 0.1) is 0 Å². The van der Waals surface area contributed by atoms with Gasteiger partial charge < -0.3 is 13.3 Å². The topological polar surface area (TPSA) is 44.8 Å². The van der Waals surface area contributed by atoms with Gasteiger partial charge in [0.25, 0.3) is 9.04 Å². The van der Waals surface area contributed by atoms with Crippen molar-refractivity contribution in [2.75, 3.05) is 0 Å². The van der Waals surface area contributed by atoms with E-state index < -0.39 is 25.7 Å². The largest absolute Gasteiger partial charge is 0.514 e. The number of allylic oxidation sites excluding steroid dienone is 1. The fourth-order valence-corrected chi connectivity index (χ4v) is 8.43. The van der Waals surface area contributed by atoms with E-state index in [9.17, 15) is 4.79 Å². The molecule has 0 bridgehead atoms. The minimum atomic E-state index is -1.91. The lowest BCUT2D eigenvalue weighted by molar-refractivity contribution is -0.130. The molecule has 1 unspecified atom stereocenters. The molecular weight excluding hydrogens is 316 g/mol. The van der Waals surface area contributed by atoms with Gasteiger partial charge in [-0.1, -0.05) is 19.4 Å². The van der Waals surface area contributed by atoms with E-state index in [2.05, 4.69) is 46.2 Å². The molecule has 0 spiro atoms. The van der Waals surface area contributed by atoms with Crippen molar-refractivity contribution < 1.29 is 18.1 Å². The number of carbonyl (C=O) groups excluding carboxylic acids is 1. The van der Waals surface area contributed by atoms with E-state index in [0.717, 1.165) is 12.5 Å². The van der Waals surface area contributed by atoms with E-state index in [1.54, 1.807) is 6.08 Å². The third-order valence-electron chi connectivity index (χ3n) is 2.39. The Morgan fingerprint density at radius 2 is 1.57 bits per heavy atom. The molecular formula is C14H32O4Si3. The lowest BCUT2D eigenvalue weighted by atomic mass is 10.5. The van der Waals surface area contributed by atoms with Crippen molar-refractivity contribution in [3.05, 3.63) is 12.2 Å². The molecule has 0 aliphatic heterocycles. The van der Waals surface area contributed by atoms with E-state index in [-0.39, 0.29) is 11.9 Å². The molecule has 0 aliphatic rings. The smallest absolute Gasteiger partial charge is 0.317 e. The molecule has 0 radical (unpaired) electrons. The Hall–Kier alpha value is -0.219. The summed E-state index contributed by atoms with van der Waals surface area (Å²) in [7, 11) is -5.43. The normalized spacial score (nSPS) is 14.7. The molecule has 0 heterocycles. The lowest BCUT2D eigenvalue weighted by Gasteiger charge is -2.35. The summed E-state index contributed by atoms with van der Waals surface area (Å²) in [5.74, 6) is -0.594. The molecule has 124 valence electrons. The second-order valence-electron chi connectivity index (χ2n) is 7.09. The zero-order chi connectivity index (χ0) is 16.7. The molecule has 7 heteroatoms. The fraction of sp³-hybridized carbons (Fsp3) is 0.786. The third-order valence-corrected chi connectivity index (χ3v) is 7.37. The monoisotopic (exact) mass is 348 g/mol. The minimum absolute atomic E-state index is 0.272. The molecule has 0 amide bonds. The van der Waals surface area contributed by atoms with Crippen LogP contribution in [0.1, 0.15) is 20.3 Å². The summed E-state index contributed by atoms with van der Waals surface area (Å²) < 4.78 is 18.1. The summed E-state index contributed by atoms with van der Waals surface area (Å²) in [6, 6.07) is 0.878. The molecule has 0 fully saturated rings. The highest BCUT2D eigenvalue weighted by molar-refractivity contribution is 6.72. The van der Waals surface area contributed by atoms with Gasteiger partial charge in [-0.2, -0.15) is 0 Å². The predicted octanol–water partition coefficient (Wildman–Crippen LogP) is 3.81. The molecule has 0 aromatic heterocycles. The fourth-order valence-electron chi connectivity index (χ4n) is 1.73. The van der Waals surface area contributed by atoms with Crippen LogP contribution in [0.3, 0.4) is 0 Å². The van der Waals surface area contributed by atoms with Crippen molar-refractivity contribution in [1.82, 2.24) is 0 Å². The van der Waals surface area contributed by atoms with E-state index in [4.69, 9.17) is 13.3 Å². The second kappa shape index (κ2) is 9.04. The molecule has 21 heavy (non-hydrogen) atoms. The van der Waals surface area contributed by atoms with Crippen LogP contribution in [0.5, 0.6) is 0 Å². The number of rotatable bonds is 9. The first-order chi connectivity index (χ1) is 9.48. The first-order valence-electron chi connectivity index (χ1n) is 7.67. The quantitative estimate of drug-likeness (QED) is 0.361. The highest BCUT2D eigenvalue weighted by Gasteiger charge is 2.36. The summed E-state index contributed by atoms with van der Waals surface area (Å²) in [6.07, 6.45) is 4.14. The highest BCUT2D eigenvalue weighted by Crippen LogP contribution is 2.19. The van der Waals surface area contributed by atoms with Crippen LogP contribution in [-0.2, 0) is 18.1 Å². The SMILES string of the molecule is CC=CC(=O)O[SiH](CCC)C(O[Si](C)(C)C)O[Si](C)(C)C. The number of carbonyl (C=O) groups is 1. The zero-order valence-electron chi connectivity index (χ0n) is 14.9. The van der Waals surface area contributed by atoms with Gasteiger partial charge in [-0.05, 0) is 52.2 Å². The van der Waals surface area contributed by atoms with Gasteiger partial charge in [0.1, 0.15) is 0 Å². The van der Waals surface area contributed by atoms with Gasteiger partial charge in [0.2, 0.25) is 0 Å². The molecule has 0 aromatic carbocycles. The molecule has 0 saturated carbocycles. The molecule has 0 rings (SSSR count). The maximum absolute atomic E-state index is 11.8. The van der Waals surface area contributed by atoms with E-state index >= 15 is 0 Å². The van der Waals surface area contributed by atoms with Crippen molar-refractivity contribution in [3.63, 3.8) is 0 Å². The van der Waals surface area contributed by atoms with Crippen LogP contribution in [0.2, 0.25) is 45.3 Å². The Morgan fingerprint density at radius 3 is 1.90 bits per heavy atom. The van der Waals surface area contributed by atoms with Crippen molar-refractivity contribution >= 4 is 31.6 Å². The van der Waals surface area contributed by atoms with Crippen molar-refractivity contribution in [1.29, 1.82) is 0 Å². The standard InChI is InChI=1S/C14H32O4Si3/c1-9-11-13(15)16-19(12-10-2)14(17-20(3,4)5)18-21(6,7)8/h9,11,14,19H,10,12H2,1-8H3. The first-order valence-corrected chi connectivity index (χ1v) is 16.4. The summed E-state index contributed by atoms with van der Waals surface area (Å²) >= 11 is 0. The van der Waals surface area contributed by atoms with E-state index in [0.29, 0.717) is 0 Å². The molecule has 0 N–H and O–H groups in total. The summed E-state index contributed by atoms with van der Waals surface area (Å²) in [5.41, 5.74) is 0. The van der Waals surface area contributed by atoms with Crippen LogP contribution < -0.4 is 0 Å². The van der Waals surface area contributed by atoms with Crippen LogP contribution in [0.15, 0.2) is 12.2 Å². The average molecular weight is 349 g/mol. The number of hydrogen-bond acceptors (Lipinski definition) is 4. The van der Waals surface area contributed by atoms with Gasteiger partial charge in [-0.3, -0.25) is 0 Å². The molecule has 0 saturated heterocycles. The molecule has 0 aliphatic carbocycles. The first kappa shape index (κ1) is 20.8. The molecule has 1 atom stereocenters. The van der Waals surface area contributed by atoms with Gasteiger partial charge in [-0.25, -0.2) is 4.79 Å². The van der Waals surface area contributed by atoms with Crippen LogP contribution in [-0.4, -0.2) is 37.6 Å². The molecule has 0 aromatic rings. The van der Waals surface area contributed by atoms with Crippen LogP contribution >= 0.6 is 0 Å². The minimum Gasteiger partial charge on any atom is -0.514 e. The third kappa shape index (κ3) is 11.1. The number of hydrogen-bond donors (Lipinski definition) is 0. The summed E-state index contributed by atoms with van der Waals surface area (Å²) in [6.45, 7) is 16.7. The second-order valence-corrected chi connectivity index (χ2v) is 18.4. The van der Waals surface area contributed by atoms with Crippen LogP contribution in [0.25, 0.3) is 0 Å². The van der Waals surface area contributed by atoms with E-state index in [1.165, 1.54) is 6.08 Å². The maximum atomic E-state index is 11.8. The van der Waals surface area contributed by atoms with E-state index in [1.807, 2.05) is 6.92 Å². The maximum Gasteiger partial charge on any atom is 0.317 e. The highest BCUT2D eigenvalue weighted by atomic mass is 28.4. The average Bonchev–Trinajstić information content (AvgIpc) is 2.24. The van der Waals surface area contributed by atoms with Crippen molar-refractivity contribution in [2.24, 2.45) is 0 Å². The Kier molecular flexibility index (Phi) is 8.95. The van der Waals surface area contributed by atoms with Gasteiger partial charge >= 0.3 is 5.97 Å².